The number of hydrogen-bond acceptors (Lipinski definition) is 22. The van der Waals surface area contributed by atoms with Gasteiger partial charge in [-0.2, -0.15) is 0 Å². The molecule has 0 aromatic heterocycles. The number of epoxide rings is 1. The van der Waals surface area contributed by atoms with Crippen LogP contribution >= 0.6 is 0 Å². The molecule has 2 bridgehead atoms. The topological polar surface area (TPSA) is 271 Å². The molecule has 22 heteroatoms. The quantitative estimate of drug-likeness (QED) is 0.134. The van der Waals surface area contributed by atoms with E-state index in [-0.39, 0.29) is 59.3 Å². The third kappa shape index (κ3) is 6.27. The van der Waals surface area contributed by atoms with Gasteiger partial charge in [-0.05, 0) is 46.2 Å². The smallest absolute Gasteiger partial charge is 0.506 e. The number of methoxy groups -OCH3 is 3. The highest BCUT2D eigenvalue weighted by Crippen LogP contribution is 2.72. The van der Waals surface area contributed by atoms with Crippen molar-refractivity contribution in [1.29, 1.82) is 0 Å². The highest BCUT2D eigenvalue weighted by Gasteiger charge is 2.94. The van der Waals surface area contributed by atoms with Gasteiger partial charge in [0.25, 0.3) is 11.6 Å². The molecule has 7 aliphatic heterocycles. The predicted molar refractivity (Wildman–Crippen MR) is 217 cm³/mol. The number of phenols is 1. The number of fused-ring (bicyclic) bond motifs is 8. The van der Waals surface area contributed by atoms with Crippen molar-refractivity contribution in [2.24, 2.45) is 0 Å². The van der Waals surface area contributed by atoms with E-state index in [4.69, 9.17) is 71.1 Å². The van der Waals surface area contributed by atoms with Gasteiger partial charge in [-0.3, -0.25) is 14.4 Å². The fourth-order valence-electron chi connectivity index (χ4n) is 11.9. The minimum Gasteiger partial charge on any atom is -0.506 e. The lowest BCUT2D eigenvalue weighted by Gasteiger charge is -2.52. The molecule has 22 nitrogen and oxygen atoms in total. The van der Waals surface area contributed by atoms with Gasteiger partial charge < -0.3 is 86.4 Å². The zero-order chi connectivity index (χ0) is 48.1. The van der Waals surface area contributed by atoms with Gasteiger partial charge in [0.2, 0.25) is 17.5 Å². The number of aryl methyl sites for hydroxylation is 1. The molecule has 7 heterocycles. The van der Waals surface area contributed by atoms with Crippen molar-refractivity contribution in [3.05, 3.63) is 28.3 Å². The van der Waals surface area contributed by atoms with Crippen LogP contribution in [0.3, 0.4) is 0 Å². The van der Waals surface area contributed by atoms with E-state index in [0.717, 1.165) is 0 Å². The van der Waals surface area contributed by atoms with Crippen LogP contribution in [-0.2, 0) is 71.2 Å². The van der Waals surface area contributed by atoms with Crippen LogP contribution in [0.25, 0.3) is 10.8 Å². The lowest BCUT2D eigenvalue weighted by atomic mass is 9.77. The van der Waals surface area contributed by atoms with Crippen molar-refractivity contribution in [3.8, 4) is 17.2 Å². The molecule has 0 radical (unpaired) electrons. The van der Waals surface area contributed by atoms with E-state index in [1.807, 2.05) is 0 Å². The van der Waals surface area contributed by atoms with Gasteiger partial charge in [-0.1, -0.05) is 0 Å². The minimum absolute atomic E-state index is 0.0128. The summed E-state index contributed by atoms with van der Waals surface area (Å²) in [6.45, 7) is 10.4. The number of aliphatic hydroxyl groups excluding tert-OH is 1. The highest BCUT2D eigenvalue weighted by atomic mass is 16.9. The molecule has 6 saturated heterocycles. The van der Waals surface area contributed by atoms with E-state index in [0.29, 0.717) is 11.1 Å². The lowest BCUT2D eigenvalue weighted by Crippen LogP contribution is -2.72. The normalized spacial score (nSPS) is 42.3. The number of carbonyl (C=O) groups excluding carboxylic acids is 4. The second kappa shape index (κ2) is 15.5. The summed E-state index contributed by atoms with van der Waals surface area (Å²) < 4.78 is 93.1. The Morgan fingerprint density at radius 3 is 2.22 bits per heavy atom. The molecule has 0 amide bonds. The molecule has 366 valence electrons. The summed E-state index contributed by atoms with van der Waals surface area (Å²) in [6, 6.07) is 1.72. The SMILES string of the molecule is COc1c2c(c(O)c3c4c(c(C)cc13)C1OC3(C(OC)OC)OC1[C@@](OC1CC(OC(C)=O)C5(OC(=O)O[C@@H]5C)C(C)O1)(O4)[C@@]31CO1)C(=O)[C@@H](O)C[C@@H]2OC1CC(C)(O)C(OC(C)=O)C(C)O1. The predicted octanol–water partition coefficient (Wildman–Crippen LogP) is 2.71. The summed E-state index contributed by atoms with van der Waals surface area (Å²) in [5.41, 5.74) is -4.07. The van der Waals surface area contributed by atoms with Gasteiger partial charge in [0.15, 0.2) is 36.7 Å². The first-order valence-electron chi connectivity index (χ1n) is 22.1. The molecule has 0 saturated carbocycles. The van der Waals surface area contributed by atoms with Crippen LogP contribution in [0.4, 0.5) is 4.79 Å². The number of benzene rings is 2. The summed E-state index contributed by atoms with van der Waals surface area (Å²) in [6.07, 6.45) is -15.2. The first kappa shape index (κ1) is 46.3. The number of Topliss-reactive ketones (excluding diaryl/α,β-unsaturated/α-hetero) is 1. The number of ether oxygens (including phenoxy) is 15. The summed E-state index contributed by atoms with van der Waals surface area (Å²) in [4.78, 5) is 51.2. The highest BCUT2D eigenvalue weighted by molar-refractivity contribution is 6.13. The van der Waals surface area contributed by atoms with Crippen molar-refractivity contribution in [2.75, 3.05) is 27.9 Å². The van der Waals surface area contributed by atoms with Gasteiger partial charge in [0, 0.05) is 63.8 Å². The van der Waals surface area contributed by atoms with Crippen LogP contribution in [0, 0.1) is 6.92 Å². The summed E-state index contributed by atoms with van der Waals surface area (Å²) in [5, 5.41) is 35.6. The average molecular weight is 947 g/mol. The number of aromatic hydroxyl groups is 1. The Morgan fingerprint density at radius 2 is 1.63 bits per heavy atom. The molecule has 10 rings (SSSR count). The first-order chi connectivity index (χ1) is 31.6. The Bertz CT molecular complexity index is 2430. The van der Waals surface area contributed by atoms with Crippen LogP contribution in [0.5, 0.6) is 17.2 Å². The van der Waals surface area contributed by atoms with Crippen LogP contribution in [0.1, 0.15) is 100 Å². The molecule has 6 fully saturated rings. The van der Waals surface area contributed by atoms with Crippen molar-refractivity contribution in [3.63, 3.8) is 0 Å². The number of carbonyl (C=O) groups is 4. The molecule has 2 aromatic rings. The number of rotatable bonds is 10. The monoisotopic (exact) mass is 946 g/mol. The van der Waals surface area contributed by atoms with Gasteiger partial charge >= 0.3 is 18.1 Å². The summed E-state index contributed by atoms with van der Waals surface area (Å²) in [5.74, 6) is -6.49. The largest absolute Gasteiger partial charge is 0.509 e. The Labute approximate surface area is 383 Å². The van der Waals surface area contributed by atoms with E-state index >= 15 is 0 Å². The van der Waals surface area contributed by atoms with E-state index in [1.165, 1.54) is 42.1 Å². The molecule has 2 aromatic carbocycles. The van der Waals surface area contributed by atoms with Gasteiger partial charge in [0.05, 0.1) is 36.9 Å². The Balaban J connectivity index is 1.10. The first-order valence-corrected chi connectivity index (χ1v) is 22.1. The summed E-state index contributed by atoms with van der Waals surface area (Å²) >= 11 is 0. The number of cyclic esters (lactones) is 1. The third-order valence-corrected chi connectivity index (χ3v) is 14.6. The van der Waals surface area contributed by atoms with Gasteiger partial charge in [-0.15, -0.1) is 0 Å². The number of phenolic OH excluding ortho intramolecular Hbond substituents is 1. The van der Waals surface area contributed by atoms with E-state index < -0.39 is 132 Å². The number of aliphatic hydroxyl groups is 2. The van der Waals surface area contributed by atoms with E-state index in [9.17, 15) is 34.5 Å². The van der Waals surface area contributed by atoms with Crippen LogP contribution in [-0.4, -0.2) is 157 Å². The second-order valence-corrected chi connectivity index (χ2v) is 18.7. The Hall–Kier alpha value is -4.46. The van der Waals surface area contributed by atoms with Gasteiger partial charge in [0.1, 0.15) is 47.3 Å². The minimum atomic E-state index is -2.04. The molecule has 2 spiro atoms. The Kier molecular flexibility index (Phi) is 10.7. The average Bonchev–Trinajstić information content (AvgIpc) is 3.81. The summed E-state index contributed by atoms with van der Waals surface area (Å²) in [7, 11) is 4.17. The zero-order valence-corrected chi connectivity index (χ0v) is 38.4. The van der Waals surface area contributed by atoms with Crippen molar-refractivity contribution >= 4 is 34.6 Å². The maximum absolute atomic E-state index is 14.2. The standard InChI is InChI=1S/C45H54O22/c1-16-11-22-29(33(50)31-30(34(22)53-8)24(12-23(48)32(31)49)62-27-14-41(7,52)37(17(2)57-27)61-21(6)47)35-28(16)36-38-44(64-35,42(15-56-42)45(65-36,66-38)39(54-9)55-10)63-26-13-25(60-20(5)46)43(18(3)58-26)19(4)59-40(51)67-43/h11,17-19,23-27,36-39,48,50,52H,12-15H2,1-10H3/t17?,18?,19-,23+,24+,25?,26?,27?,36?,37?,38?,41?,42+,43?,44-,45?/m1/s1. The van der Waals surface area contributed by atoms with Crippen molar-refractivity contribution in [2.45, 2.75) is 170 Å². The van der Waals surface area contributed by atoms with Gasteiger partial charge in [-0.25, -0.2) is 4.79 Å². The molecule has 8 aliphatic rings. The number of esters is 2. The molecule has 16 atom stereocenters. The molecule has 11 unspecified atom stereocenters. The fraction of sp³-hybridized carbons (Fsp3) is 0.689. The Morgan fingerprint density at radius 1 is 0.925 bits per heavy atom. The van der Waals surface area contributed by atoms with E-state index in [1.54, 1.807) is 33.8 Å². The lowest BCUT2D eigenvalue weighted by molar-refractivity contribution is -0.387. The third-order valence-electron chi connectivity index (χ3n) is 14.6. The van der Waals surface area contributed by atoms with Crippen LogP contribution in [0.2, 0.25) is 0 Å². The second-order valence-electron chi connectivity index (χ2n) is 18.7. The number of hydrogen-bond donors (Lipinski definition) is 3. The maximum Gasteiger partial charge on any atom is 0.509 e. The number of ketones is 1. The molecule has 67 heavy (non-hydrogen) atoms. The van der Waals surface area contributed by atoms with Crippen LogP contribution < -0.4 is 9.47 Å². The van der Waals surface area contributed by atoms with Crippen molar-refractivity contribution < 1.29 is 106 Å². The van der Waals surface area contributed by atoms with E-state index in [2.05, 4.69) is 0 Å². The van der Waals surface area contributed by atoms with Crippen LogP contribution in [0.15, 0.2) is 6.07 Å². The zero-order valence-electron chi connectivity index (χ0n) is 38.4. The fourth-order valence-corrected chi connectivity index (χ4v) is 11.9. The molecular weight excluding hydrogens is 892 g/mol. The van der Waals surface area contributed by atoms with Crippen molar-refractivity contribution in [1.82, 2.24) is 0 Å². The maximum atomic E-state index is 14.2. The molecule has 3 N–H and O–H groups in total. The molecule has 1 aliphatic carbocycles. The molecular formula is C45H54O22.